The molecule has 0 aliphatic rings. The van der Waals surface area contributed by atoms with Crippen molar-refractivity contribution in [1.29, 1.82) is 0 Å². The first-order chi connectivity index (χ1) is 13.0. The van der Waals surface area contributed by atoms with Crippen LogP contribution < -0.4 is 15.5 Å². The largest absolute Gasteiger partial charge is 0.385 e. The predicted molar refractivity (Wildman–Crippen MR) is 116 cm³/mol. The smallest absolute Gasteiger partial charge is 0.253 e. The molecule has 6 nitrogen and oxygen atoms in total. The van der Waals surface area contributed by atoms with Crippen molar-refractivity contribution < 1.29 is 14.3 Å². The predicted octanol–water partition coefficient (Wildman–Crippen LogP) is 3.92. The average molecular weight is 392 g/mol. The fourth-order valence-corrected chi connectivity index (χ4v) is 3.35. The fourth-order valence-electron chi connectivity index (χ4n) is 3.35. The average Bonchev–Trinajstić information content (AvgIpc) is 2.56. The maximum absolute atomic E-state index is 12.6. The fraction of sp³-hybridized carbons (Fsp3) is 0.636. The molecule has 0 fully saturated rings. The topological polar surface area (TPSA) is 70.7 Å². The van der Waals surface area contributed by atoms with E-state index < -0.39 is 0 Å². The van der Waals surface area contributed by atoms with E-state index in [1.807, 2.05) is 31.1 Å². The lowest BCUT2D eigenvalue weighted by atomic mass is 9.84. The molecule has 0 aliphatic heterocycles. The Morgan fingerprint density at radius 3 is 2.46 bits per heavy atom. The highest BCUT2D eigenvalue weighted by Crippen LogP contribution is 2.27. The van der Waals surface area contributed by atoms with Crippen LogP contribution >= 0.6 is 0 Å². The molecular weight excluding hydrogens is 354 g/mol. The summed E-state index contributed by atoms with van der Waals surface area (Å²) in [6.45, 7) is 9.78. The van der Waals surface area contributed by atoms with Crippen LogP contribution in [0.1, 0.15) is 57.3 Å². The summed E-state index contributed by atoms with van der Waals surface area (Å²) in [7, 11) is 5.42. The molecule has 0 aromatic heterocycles. The van der Waals surface area contributed by atoms with Crippen LogP contribution in [-0.2, 0) is 9.53 Å². The standard InChI is InChI=1S/C22H37N3O3/c1-16(15-22(2,3)4)13-20(26)24-17-9-10-19(25(5)6)18(14-17)21(27)23-11-8-12-28-7/h9-10,14,16H,8,11-13,15H2,1-7H3,(H,23,27)(H,24,26)/t16-/m1/s1. The summed E-state index contributed by atoms with van der Waals surface area (Å²) in [5.74, 6) is 0.113. The van der Waals surface area contributed by atoms with Crippen molar-refractivity contribution in [1.82, 2.24) is 5.32 Å². The molecule has 158 valence electrons. The molecule has 0 saturated heterocycles. The minimum Gasteiger partial charge on any atom is -0.385 e. The van der Waals surface area contributed by atoms with E-state index in [9.17, 15) is 9.59 Å². The zero-order chi connectivity index (χ0) is 21.3. The van der Waals surface area contributed by atoms with Crippen molar-refractivity contribution in [3.63, 3.8) is 0 Å². The number of carbonyl (C=O) groups excluding carboxylic acids is 2. The van der Waals surface area contributed by atoms with Crippen LogP contribution in [0.2, 0.25) is 0 Å². The highest BCUT2D eigenvalue weighted by molar-refractivity contribution is 6.02. The summed E-state index contributed by atoms with van der Waals surface area (Å²) in [6.07, 6.45) is 2.20. The molecule has 0 unspecified atom stereocenters. The lowest BCUT2D eigenvalue weighted by molar-refractivity contribution is -0.117. The third kappa shape index (κ3) is 8.74. The molecule has 0 saturated carbocycles. The second-order valence-electron chi connectivity index (χ2n) is 8.85. The van der Waals surface area contributed by atoms with Gasteiger partial charge in [-0.3, -0.25) is 9.59 Å². The molecule has 6 heteroatoms. The van der Waals surface area contributed by atoms with E-state index in [1.54, 1.807) is 13.2 Å². The molecule has 0 aliphatic carbocycles. The number of ether oxygens (including phenoxy) is 1. The SMILES string of the molecule is COCCCNC(=O)c1cc(NC(=O)C[C@@H](C)CC(C)(C)C)ccc1N(C)C. The molecular formula is C22H37N3O3. The van der Waals surface area contributed by atoms with Gasteiger partial charge in [0.05, 0.1) is 5.56 Å². The van der Waals surface area contributed by atoms with Gasteiger partial charge in [0.25, 0.3) is 5.91 Å². The number of methoxy groups -OCH3 is 1. The van der Waals surface area contributed by atoms with Crippen LogP contribution in [-0.4, -0.2) is 46.2 Å². The first-order valence-corrected chi connectivity index (χ1v) is 9.92. The Balaban J connectivity index is 2.82. The second kappa shape index (κ2) is 11.1. The van der Waals surface area contributed by atoms with Gasteiger partial charge in [-0.25, -0.2) is 0 Å². The highest BCUT2D eigenvalue weighted by atomic mass is 16.5. The Morgan fingerprint density at radius 1 is 1.21 bits per heavy atom. The molecule has 1 aromatic carbocycles. The second-order valence-corrected chi connectivity index (χ2v) is 8.85. The van der Waals surface area contributed by atoms with Crippen molar-refractivity contribution in [2.45, 2.75) is 47.0 Å². The number of benzene rings is 1. The van der Waals surface area contributed by atoms with Crippen LogP contribution in [0.3, 0.4) is 0 Å². The van der Waals surface area contributed by atoms with Gasteiger partial charge < -0.3 is 20.3 Å². The van der Waals surface area contributed by atoms with Gasteiger partial charge in [0.1, 0.15) is 0 Å². The number of rotatable bonds is 10. The Morgan fingerprint density at radius 2 is 1.89 bits per heavy atom. The molecule has 1 atom stereocenters. The van der Waals surface area contributed by atoms with Gasteiger partial charge in [0.15, 0.2) is 0 Å². The van der Waals surface area contributed by atoms with Crippen molar-refractivity contribution in [3.8, 4) is 0 Å². The molecule has 0 radical (unpaired) electrons. The number of anilines is 2. The molecule has 1 aromatic rings. The van der Waals surface area contributed by atoms with Gasteiger partial charge in [-0.1, -0.05) is 27.7 Å². The van der Waals surface area contributed by atoms with Crippen LogP contribution in [0, 0.1) is 11.3 Å². The third-order valence-corrected chi connectivity index (χ3v) is 4.31. The van der Waals surface area contributed by atoms with E-state index in [2.05, 4.69) is 38.3 Å². The van der Waals surface area contributed by atoms with Gasteiger partial charge in [0, 0.05) is 52.2 Å². The van der Waals surface area contributed by atoms with Gasteiger partial charge in [-0.15, -0.1) is 0 Å². The van der Waals surface area contributed by atoms with E-state index in [4.69, 9.17) is 4.74 Å². The number of carbonyl (C=O) groups is 2. The first-order valence-electron chi connectivity index (χ1n) is 9.92. The number of nitrogens with zero attached hydrogens (tertiary/aromatic N) is 1. The molecule has 2 N–H and O–H groups in total. The zero-order valence-corrected chi connectivity index (χ0v) is 18.5. The van der Waals surface area contributed by atoms with E-state index >= 15 is 0 Å². The summed E-state index contributed by atoms with van der Waals surface area (Å²) >= 11 is 0. The Kier molecular flexibility index (Phi) is 9.46. The summed E-state index contributed by atoms with van der Waals surface area (Å²) < 4.78 is 5.01. The lowest BCUT2D eigenvalue weighted by Gasteiger charge is -2.23. The minimum absolute atomic E-state index is 0.0270. The van der Waals surface area contributed by atoms with Crippen molar-refractivity contribution in [3.05, 3.63) is 23.8 Å². The summed E-state index contributed by atoms with van der Waals surface area (Å²) in [6, 6.07) is 5.44. The third-order valence-electron chi connectivity index (χ3n) is 4.31. The van der Waals surface area contributed by atoms with Crippen LogP contribution in [0.15, 0.2) is 18.2 Å². The Hall–Kier alpha value is -2.08. The molecule has 1 rings (SSSR count). The number of hydrogen-bond acceptors (Lipinski definition) is 4. The van der Waals surface area contributed by atoms with Gasteiger partial charge >= 0.3 is 0 Å². The van der Waals surface area contributed by atoms with Crippen LogP contribution in [0.5, 0.6) is 0 Å². The van der Waals surface area contributed by atoms with E-state index in [0.717, 1.165) is 18.5 Å². The number of nitrogens with one attached hydrogen (secondary N) is 2. The maximum atomic E-state index is 12.6. The Labute approximate surface area is 170 Å². The molecule has 0 heterocycles. The monoisotopic (exact) mass is 391 g/mol. The summed E-state index contributed by atoms with van der Waals surface area (Å²) in [5.41, 5.74) is 2.19. The lowest BCUT2D eigenvalue weighted by Crippen LogP contribution is -2.27. The van der Waals surface area contributed by atoms with Gasteiger partial charge in [-0.2, -0.15) is 0 Å². The quantitative estimate of drug-likeness (QED) is 0.593. The molecule has 28 heavy (non-hydrogen) atoms. The van der Waals surface area contributed by atoms with E-state index in [-0.39, 0.29) is 17.2 Å². The first kappa shape index (κ1) is 24.0. The van der Waals surface area contributed by atoms with Crippen molar-refractivity contribution in [2.75, 3.05) is 44.6 Å². The van der Waals surface area contributed by atoms with Crippen molar-refractivity contribution in [2.24, 2.45) is 11.3 Å². The number of amides is 2. The summed E-state index contributed by atoms with van der Waals surface area (Å²) in [4.78, 5) is 26.9. The van der Waals surface area contributed by atoms with Crippen LogP contribution in [0.25, 0.3) is 0 Å². The highest BCUT2D eigenvalue weighted by Gasteiger charge is 2.19. The van der Waals surface area contributed by atoms with Crippen molar-refractivity contribution >= 4 is 23.2 Å². The van der Waals surface area contributed by atoms with Gasteiger partial charge in [-0.05, 0) is 42.4 Å². The van der Waals surface area contributed by atoms with E-state index in [0.29, 0.717) is 36.7 Å². The minimum atomic E-state index is -0.156. The Bertz CT molecular complexity index is 651. The molecule has 0 spiro atoms. The normalized spacial score (nSPS) is 12.4. The van der Waals surface area contributed by atoms with E-state index in [1.165, 1.54) is 0 Å². The number of hydrogen-bond donors (Lipinski definition) is 2. The molecule has 2 amide bonds. The molecule has 0 bridgehead atoms. The zero-order valence-electron chi connectivity index (χ0n) is 18.5. The van der Waals surface area contributed by atoms with Crippen LogP contribution in [0.4, 0.5) is 11.4 Å². The summed E-state index contributed by atoms with van der Waals surface area (Å²) in [5, 5.41) is 5.85. The maximum Gasteiger partial charge on any atom is 0.253 e. The van der Waals surface area contributed by atoms with Gasteiger partial charge in [0.2, 0.25) is 5.91 Å².